The highest BCUT2D eigenvalue weighted by Crippen LogP contribution is 2.16. The molecule has 0 aliphatic heterocycles. The van der Waals surface area contributed by atoms with Gasteiger partial charge in [-0.2, -0.15) is 0 Å². The molecular weight excluding hydrogens is 230 g/mol. The number of benzene rings is 1. The average molecular weight is 247 g/mol. The van der Waals surface area contributed by atoms with Gasteiger partial charge in [0.05, 0.1) is 17.6 Å². The molecule has 0 radical (unpaired) electrons. The molecule has 0 unspecified atom stereocenters. The summed E-state index contributed by atoms with van der Waals surface area (Å²) in [6.07, 6.45) is 0. The van der Waals surface area contributed by atoms with Crippen LogP contribution in [-0.4, -0.2) is 35.6 Å². The molecule has 0 aliphatic rings. The van der Waals surface area contributed by atoms with Crippen LogP contribution in [0.3, 0.4) is 0 Å². The molecule has 0 amide bonds. The first-order chi connectivity index (χ1) is 8.74. The standard InChI is InChI=1S/C13H17N3O2/c1-3-16(9-12(17)18-4-2)13-14-10-7-5-6-8-11(10)15-13/h5-8H,3-4,9H2,1-2H3,(H,14,15). The number of imidazole rings is 1. The summed E-state index contributed by atoms with van der Waals surface area (Å²) in [6, 6.07) is 7.79. The fourth-order valence-electron chi connectivity index (χ4n) is 1.79. The van der Waals surface area contributed by atoms with Crippen LogP contribution in [0.1, 0.15) is 13.8 Å². The highest BCUT2D eigenvalue weighted by molar-refractivity contribution is 5.79. The predicted molar refractivity (Wildman–Crippen MR) is 70.6 cm³/mol. The molecule has 2 rings (SSSR count). The van der Waals surface area contributed by atoms with E-state index in [2.05, 4.69) is 9.97 Å². The third-order valence-corrected chi connectivity index (χ3v) is 2.68. The number of aromatic nitrogens is 2. The quantitative estimate of drug-likeness (QED) is 0.820. The molecule has 0 saturated heterocycles. The maximum Gasteiger partial charge on any atom is 0.325 e. The number of hydrogen-bond acceptors (Lipinski definition) is 4. The Morgan fingerprint density at radius 3 is 2.83 bits per heavy atom. The van der Waals surface area contributed by atoms with Gasteiger partial charge in [-0.15, -0.1) is 0 Å². The molecule has 18 heavy (non-hydrogen) atoms. The Morgan fingerprint density at radius 1 is 1.39 bits per heavy atom. The molecular formula is C13H17N3O2. The number of nitrogens with one attached hydrogen (secondary N) is 1. The van der Waals surface area contributed by atoms with Gasteiger partial charge < -0.3 is 14.6 Å². The van der Waals surface area contributed by atoms with E-state index in [0.717, 1.165) is 11.0 Å². The summed E-state index contributed by atoms with van der Waals surface area (Å²) in [6.45, 7) is 5.08. The van der Waals surface area contributed by atoms with E-state index in [-0.39, 0.29) is 12.5 Å². The zero-order chi connectivity index (χ0) is 13.0. The highest BCUT2D eigenvalue weighted by Gasteiger charge is 2.14. The van der Waals surface area contributed by atoms with Crippen LogP contribution in [0.4, 0.5) is 5.95 Å². The van der Waals surface area contributed by atoms with Crippen LogP contribution >= 0.6 is 0 Å². The summed E-state index contributed by atoms with van der Waals surface area (Å²) in [5.74, 6) is 0.464. The SMILES string of the molecule is CCOC(=O)CN(CC)c1nc2ccccc2[nH]1. The number of rotatable bonds is 5. The first-order valence-corrected chi connectivity index (χ1v) is 6.10. The van der Waals surface area contributed by atoms with E-state index in [9.17, 15) is 4.79 Å². The number of esters is 1. The van der Waals surface area contributed by atoms with Gasteiger partial charge in [0.25, 0.3) is 0 Å². The van der Waals surface area contributed by atoms with Crippen LogP contribution in [0.5, 0.6) is 0 Å². The lowest BCUT2D eigenvalue weighted by atomic mass is 10.3. The molecule has 1 aromatic carbocycles. The number of fused-ring (bicyclic) bond motifs is 1. The van der Waals surface area contributed by atoms with Gasteiger partial charge in [-0.1, -0.05) is 12.1 Å². The zero-order valence-corrected chi connectivity index (χ0v) is 10.6. The summed E-state index contributed by atoms with van der Waals surface area (Å²) < 4.78 is 4.95. The molecule has 2 aromatic rings. The van der Waals surface area contributed by atoms with Crippen LogP contribution in [0.15, 0.2) is 24.3 Å². The minimum atomic E-state index is -0.236. The van der Waals surface area contributed by atoms with Crippen molar-refractivity contribution in [1.29, 1.82) is 0 Å². The van der Waals surface area contributed by atoms with Crippen molar-refractivity contribution in [2.45, 2.75) is 13.8 Å². The summed E-state index contributed by atoms with van der Waals surface area (Å²) in [5.41, 5.74) is 1.87. The van der Waals surface area contributed by atoms with Crippen molar-refractivity contribution in [2.24, 2.45) is 0 Å². The van der Waals surface area contributed by atoms with Gasteiger partial charge in [0.1, 0.15) is 6.54 Å². The zero-order valence-electron chi connectivity index (χ0n) is 10.6. The first kappa shape index (κ1) is 12.4. The Bertz CT molecular complexity index is 503. The summed E-state index contributed by atoms with van der Waals surface area (Å²) in [4.78, 5) is 21.0. The molecule has 1 aromatic heterocycles. The minimum absolute atomic E-state index is 0.212. The number of nitrogens with zero attached hydrogens (tertiary/aromatic N) is 2. The van der Waals surface area contributed by atoms with Gasteiger partial charge in [-0.3, -0.25) is 4.79 Å². The monoisotopic (exact) mass is 247 g/mol. The second-order valence-corrected chi connectivity index (χ2v) is 3.90. The fourth-order valence-corrected chi connectivity index (χ4v) is 1.79. The molecule has 96 valence electrons. The van der Waals surface area contributed by atoms with E-state index < -0.39 is 0 Å². The van der Waals surface area contributed by atoms with Crippen molar-refractivity contribution >= 4 is 23.0 Å². The summed E-state index contributed by atoms with van der Waals surface area (Å²) in [5, 5.41) is 0. The molecule has 0 aliphatic carbocycles. The molecule has 1 N–H and O–H groups in total. The van der Waals surface area contributed by atoms with Gasteiger partial charge in [-0.05, 0) is 26.0 Å². The summed E-state index contributed by atoms with van der Waals surface area (Å²) in [7, 11) is 0. The maximum atomic E-state index is 11.5. The Morgan fingerprint density at radius 2 is 2.17 bits per heavy atom. The molecule has 0 bridgehead atoms. The number of ether oxygens (including phenoxy) is 1. The Kier molecular flexibility index (Phi) is 3.82. The van der Waals surface area contributed by atoms with Gasteiger partial charge in [-0.25, -0.2) is 4.98 Å². The van der Waals surface area contributed by atoms with Crippen LogP contribution < -0.4 is 4.90 Å². The van der Waals surface area contributed by atoms with E-state index in [1.54, 1.807) is 6.92 Å². The normalized spacial score (nSPS) is 10.6. The van der Waals surface area contributed by atoms with Crippen molar-refractivity contribution < 1.29 is 9.53 Å². The van der Waals surface area contributed by atoms with Crippen molar-refractivity contribution in [3.63, 3.8) is 0 Å². The topological polar surface area (TPSA) is 58.2 Å². The Balaban J connectivity index is 2.18. The molecule has 5 nitrogen and oxygen atoms in total. The van der Waals surface area contributed by atoms with E-state index in [4.69, 9.17) is 4.74 Å². The number of likely N-dealkylation sites (N-methyl/N-ethyl adjacent to an activating group) is 1. The summed E-state index contributed by atoms with van der Waals surface area (Å²) >= 11 is 0. The number of H-pyrrole nitrogens is 1. The van der Waals surface area contributed by atoms with E-state index in [1.807, 2.05) is 36.1 Å². The molecule has 0 atom stereocenters. The van der Waals surface area contributed by atoms with Crippen LogP contribution in [0.25, 0.3) is 11.0 Å². The van der Waals surface area contributed by atoms with E-state index in [1.165, 1.54) is 0 Å². The molecule has 0 fully saturated rings. The smallest absolute Gasteiger partial charge is 0.325 e. The third-order valence-electron chi connectivity index (χ3n) is 2.68. The highest BCUT2D eigenvalue weighted by atomic mass is 16.5. The lowest BCUT2D eigenvalue weighted by molar-refractivity contribution is -0.141. The number of hydrogen-bond donors (Lipinski definition) is 1. The minimum Gasteiger partial charge on any atom is -0.465 e. The fraction of sp³-hybridized carbons (Fsp3) is 0.385. The van der Waals surface area contributed by atoms with Crippen LogP contribution in [0, 0.1) is 0 Å². The van der Waals surface area contributed by atoms with Gasteiger partial charge in [0.2, 0.25) is 5.95 Å². The Labute approximate surface area is 106 Å². The molecule has 0 spiro atoms. The van der Waals surface area contributed by atoms with Gasteiger partial charge in [0.15, 0.2) is 0 Å². The number of anilines is 1. The van der Waals surface area contributed by atoms with Gasteiger partial charge in [0, 0.05) is 6.54 Å². The predicted octanol–water partition coefficient (Wildman–Crippen LogP) is 1.95. The number of carbonyl (C=O) groups excluding carboxylic acids is 1. The van der Waals surface area contributed by atoms with E-state index >= 15 is 0 Å². The number of carbonyl (C=O) groups is 1. The van der Waals surface area contributed by atoms with E-state index in [0.29, 0.717) is 19.1 Å². The molecule has 0 saturated carbocycles. The number of aromatic amines is 1. The van der Waals surface area contributed by atoms with Crippen molar-refractivity contribution in [1.82, 2.24) is 9.97 Å². The van der Waals surface area contributed by atoms with Crippen molar-refractivity contribution in [2.75, 3.05) is 24.6 Å². The number of para-hydroxylation sites is 2. The average Bonchev–Trinajstić information content (AvgIpc) is 2.79. The molecule has 5 heteroatoms. The van der Waals surface area contributed by atoms with Crippen molar-refractivity contribution in [3.8, 4) is 0 Å². The van der Waals surface area contributed by atoms with Crippen molar-refractivity contribution in [3.05, 3.63) is 24.3 Å². The lowest BCUT2D eigenvalue weighted by Gasteiger charge is -2.18. The largest absolute Gasteiger partial charge is 0.465 e. The van der Waals surface area contributed by atoms with Crippen LogP contribution in [0.2, 0.25) is 0 Å². The lowest BCUT2D eigenvalue weighted by Crippen LogP contribution is -2.31. The second-order valence-electron chi connectivity index (χ2n) is 3.90. The van der Waals surface area contributed by atoms with Crippen LogP contribution in [-0.2, 0) is 9.53 Å². The maximum absolute atomic E-state index is 11.5. The molecule has 1 heterocycles. The van der Waals surface area contributed by atoms with Gasteiger partial charge >= 0.3 is 5.97 Å². The Hall–Kier alpha value is -2.04. The second kappa shape index (κ2) is 5.53. The third kappa shape index (κ3) is 2.61. The first-order valence-electron chi connectivity index (χ1n) is 6.10.